The van der Waals surface area contributed by atoms with Gasteiger partial charge < -0.3 is 29.6 Å². The van der Waals surface area contributed by atoms with Gasteiger partial charge in [0.15, 0.2) is 0 Å². The van der Waals surface area contributed by atoms with Crippen LogP contribution >= 0.6 is 0 Å². The van der Waals surface area contributed by atoms with Crippen LogP contribution in [0.3, 0.4) is 0 Å². The molecule has 1 amide bonds. The van der Waals surface area contributed by atoms with Crippen molar-refractivity contribution >= 4 is 28.7 Å². The average Bonchev–Trinajstić information content (AvgIpc) is 3.34. The molecule has 11 nitrogen and oxygen atoms in total. The molecule has 0 bridgehead atoms. The van der Waals surface area contributed by atoms with E-state index in [0.717, 1.165) is 5.56 Å². The molecular weight excluding hydrogens is 561 g/mol. The predicted molar refractivity (Wildman–Crippen MR) is 151 cm³/mol. The Balaban J connectivity index is 1.60. The molecule has 0 saturated carbocycles. The molecule has 0 spiro atoms. The third kappa shape index (κ3) is 4.26. The van der Waals surface area contributed by atoms with Crippen molar-refractivity contribution in [1.29, 1.82) is 0 Å². The number of hydrogen-bond acceptors (Lipinski definition) is 9. The van der Waals surface area contributed by atoms with E-state index in [1.54, 1.807) is 19.9 Å². The van der Waals surface area contributed by atoms with E-state index < -0.39 is 47.0 Å². The van der Waals surface area contributed by atoms with Crippen molar-refractivity contribution in [1.82, 2.24) is 14.9 Å². The van der Waals surface area contributed by atoms with Gasteiger partial charge in [-0.3, -0.25) is 14.4 Å². The van der Waals surface area contributed by atoms with E-state index in [-0.39, 0.29) is 43.2 Å². The number of amides is 1. The van der Waals surface area contributed by atoms with Crippen LogP contribution in [0.2, 0.25) is 0 Å². The first-order valence-electron chi connectivity index (χ1n) is 14.3. The van der Waals surface area contributed by atoms with E-state index in [9.17, 15) is 29.4 Å². The minimum absolute atomic E-state index is 0.0267. The number of carbonyl (C=O) groups excluding carboxylic acids is 3. The molecule has 3 aromatic rings. The molecule has 12 heteroatoms. The van der Waals surface area contributed by atoms with Crippen molar-refractivity contribution in [2.24, 2.45) is 0 Å². The fourth-order valence-corrected chi connectivity index (χ4v) is 6.97. The summed E-state index contributed by atoms with van der Waals surface area (Å²) >= 11 is 0. The monoisotopic (exact) mass is 593 g/mol. The van der Waals surface area contributed by atoms with Crippen molar-refractivity contribution < 1.29 is 38.5 Å². The van der Waals surface area contributed by atoms with E-state index in [1.165, 1.54) is 24.5 Å². The highest BCUT2D eigenvalue weighted by Gasteiger charge is 2.50. The minimum Gasteiger partial charge on any atom is -0.457 e. The Morgan fingerprint density at radius 3 is 2.65 bits per heavy atom. The van der Waals surface area contributed by atoms with E-state index in [4.69, 9.17) is 14.5 Å². The standard InChI is InChI=1S/C31H32FN3O8/c1-5-31(43-15(4)37)20-8-23-27-18(11-35(23)29(40)19(20)12-42-30(31)41)25-17(28(39)24(38)10-33-14(3)36)7-6-16-13(2)21(32)9-22(34-27)26(16)25/h8-9,17,24,28,38-39H,5-7,10-12H2,1-4H3,(H,33,36)/t17-,24?,28+,31-/m0/s1. The number of halogens is 1. The smallest absolute Gasteiger partial charge is 0.355 e. The molecule has 0 radical (unpaired) electrons. The number of hydrogen-bond donors (Lipinski definition) is 3. The van der Waals surface area contributed by atoms with Gasteiger partial charge in [0.25, 0.3) is 5.56 Å². The van der Waals surface area contributed by atoms with Gasteiger partial charge in [0, 0.05) is 48.9 Å². The zero-order valence-electron chi connectivity index (χ0n) is 24.2. The highest BCUT2D eigenvalue weighted by molar-refractivity contribution is 5.93. The van der Waals surface area contributed by atoms with E-state index in [2.05, 4.69) is 5.32 Å². The number of aliphatic hydroxyl groups excluding tert-OH is 2. The van der Waals surface area contributed by atoms with Gasteiger partial charge in [0.05, 0.1) is 41.2 Å². The van der Waals surface area contributed by atoms with Crippen molar-refractivity contribution in [3.8, 4) is 11.4 Å². The zero-order valence-corrected chi connectivity index (χ0v) is 24.2. The van der Waals surface area contributed by atoms with Gasteiger partial charge in [-0.1, -0.05) is 6.92 Å². The number of pyridine rings is 2. The van der Waals surface area contributed by atoms with Crippen molar-refractivity contribution in [3.63, 3.8) is 0 Å². The zero-order chi connectivity index (χ0) is 31.0. The molecule has 1 aromatic carbocycles. The number of aliphatic hydroxyl groups is 2. The fraction of sp³-hybridized carbons (Fsp3) is 0.452. The first-order valence-corrected chi connectivity index (χ1v) is 14.3. The molecule has 6 rings (SSSR count). The molecule has 3 aliphatic rings. The van der Waals surface area contributed by atoms with E-state index >= 15 is 4.39 Å². The number of nitrogens with one attached hydrogen (secondary N) is 1. The maximum atomic E-state index is 15.1. The molecule has 0 fully saturated rings. The van der Waals surface area contributed by atoms with Crippen LogP contribution in [0.5, 0.6) is 0 Å². The summed E-state index contributed by atoms with van der Waals surface area (Å²) < 4.78 is 27.5. The third-order valence-electron chi connectivity index (χ3n) is 9.07. The molecule has 3 N–H and O–H groups in total. The van der Waals surface area contributed by atoms with Crippen LogP contribution in [-0.2, 0) is 49.0 Å². The second-order valence-corrected chi connectivity index (χ2v) is 11.5. The Bertz CT molecular complexity index is 1800. The van der Waals surface area contributed by atoms with Gasteiger partial charge in [-0.15, -0.1) is 0 Å². The van der Waals surface area contributed by atoms with Gasteiger partial charge in [0.1, 0.15) is 12.4 Å². The molecule has 43 heavy (non-hydrogen) atoms. The Morgan fingerprint density at radius 1 is 1.23 bits per heavy atom. The number of rotatable bonds is 6. The van der Waals surface area contributed by atoms with Gasteiger partial charge in [-0.2, -0.15) is 0 Å². The number of cyclic esters (lactones) is 1. The summed E-state index contributed by atoms with van der Waals surface area (Å²) in [5.41, 5.74) is 1.73. The summed E-state index contributed by atoms with van der Waals surface area (Å²) in [6.07, 6.45) is -1.72. The number of aromatic nitrogens is 2. The maximum Gasteiger partial charge on any atom is 0.355 e. The highest BCUT2D eigenvalue weighted by atomic mass is 19.1. The molecule has 4 heterocycles. The van der Waals surface area contributed by atoms with E-state index in [0.29, 0.717) is 51.8 Å². The number of fused-ring (bicyclic) bond motifs is 5. The fourth-order valence-electron chi connectivity index (χ4n) is 6.97. The first-order chi connectivity index (χ1) is 20.4. The summed E-state index contributed by atoms with van der Waals surface area (Å²) in [4.78, 5) is 55.3. The second-order valence-electron chi connectivity index (χ2n) is 11.5. The lowest BCUT2D eigenvalue weighted by molar-refractivity contribution is -0.188. The first kappa shape index (κ1) is 28.9. The Hall–Kier alpha value is -4.16. The molecule has 0 saturated heterocycles. The largest absolute Gasteiger partial charge is 0.457 e. The molecule has 1 aliphatic carbocycles. The van der Waals surface area contributed by atoms with Gasteiger partial charge >= 0.3 is 11.9 Å². The predicted octanol–water partition coefficient (Wildman–Crippen LogP) is 1.99. The lowest BCUT2D eigenvalue weighted by Gasteiger charge is -2.35. The Morgan fingerprint density at radius 2 is 1.98 bits per heavy atom. The number of nitrogens with zero attached hydrogens (tertiary/aromatic N) is 2. The average molecular weight is 594 g/mol. The van der Waals surface area contributed by atoms with Crippen LogP contribution in [-0.4, -0.2) is 56.4 Å². The summed E-state index contributed by atoms with van der Waals surface area (Å²) in [6, 6.07) is 2.94. The summed E-state index contributed by atoms with van der Waals surface area (Å²) in [5, 5.41) is 25.4. The quantitative estimate of drug-likeness (QED) is 0.285. The molecule has 2 aromatic heterocycles. The maximum absolute atomic E-state index is 15.1. The van der Waals surface area contributed by atoms with Crippen molar-refractivity contribution in [2.75, 3.05) is 6.54 Å². The van der Waals surface area contributed by atoms with Crippen LogP contribution in [0.1, 0.15) is 72.9 Å². The highest BCUT2D eigenvalue weighted by Crippen LogP contribution is 2.48. The second kappa shape index (κ2) is 10.2. The van der Waals surface area contributed by atoms with Crippen LogP contribution in [0, 0.1) is 12.7 Å². The van der Waals surface area contributed by atoms with Gasteiger partial charge in [-0.25, -0.2) is 14.2 Å². The normalized spacial score (nSPS) is 21.4. The third-order valence-corrected chi connectivity index (χ3v) is 9.07. The number of benzene rings is 1. The molecular formula is C31H32FN3O8. The molecule has 4 atom stereocenters. The van der Waals surface area contributed by atoms with Crippen LogP contribution in [0.4, 0.5) is 4.39 Å². The van der Waals surface area contributed by atoms with Gasteiger partial charge in [-0.05, 0) is 48.9 Å². The molecule has 2 aliphatic heterocycles. The summed E-state index contributed by atoms with van der Waals surface area (Å²) in [5.74, 6) is -2.89. The number of esters is 2. The number of aryl methyl sites for hydroxylation is 1. The summed E-state index contributed by atoms with van der Waals surface area (Å²) in [6.45, 7) is 5.46. The summed E-state index contributed by atoms with van der Waals surface area (Å²) in [7, 11) is 0. The lowest BCUT2D eigenvalue weighted by atomic mass is 9.75. The van der Waals surface area contributed by atoms with Crippen molar-refractivity contribution in [3.05, 3.63) is 61.7 Å². The molecule has 1 unspecified atom stereocenters. The molecule has 226 valence electrons. The van der Waals surface area contributed by atoms with Gasteiger partial charge in [0.2, 0.25) is 11.5 Å². The minimum atomic E-state index is -1.81. The van der Waals surface area contributed by atoms with Crippen LogP contribution < -0.4 is 10.9 Å². The SMILES string of the molecule is CC[C@@]1(OC(C)=O)C(=O)OCc2c1cc1n(c2=O)Cc2c-1nc1cc(F)c(C)c3c1c2[C@@H]([C@@H](O)C(O)CNC(C)=O)CC3. The van der Waals surface area contributed by atoms with Crippen LogP contribution in [0.25, 0.3) is 22.3 Å². The lowest BCUT2D eigenvalue weighted by Crippen LogP contribution is -2.47. The number of ether oxygens (including phenoxy) is 2. The topological polar surface area (TPSA) is 157 Å². The van der Waals surface area contributed by atoms with Crippen molar-refractivity contribution in [2.45, 2.75) is 83.8 Å². The number of carbonyl (C=O) groups is 3. The van der Waals surface area contributed by atoms with E-state index in [1.807, 2.05) is 0 Å². The Labute approximate surface area is 245 Å². The van der Waals surface area contributed by atoms with Crippen LogP contribution in [0.15, 0.2) is 16.9 Å². The Kier molecular flexibility index (Phi) is 6.89.